The Bertz CT molecular complexity index is 1730. The van der Waals surface area contributed by atoms with Crippen molar-refractivity contribution in [1.29, 1.82) is 0 Å². The van der Waals surface area contributed by atoms with Crippen molar-refractivity contribution < 1.29 is 31.5 Å². The minimum absolute atomic E-state index is 0.0485. The van der Waals surface area contributed by atoms with Crippen LogP contribution in [0.4, 0.5) is 20.2 Å². The number of amides is 1. The molecule has 2 aromatic heterocycles. The molecule has 1 aliphatic carbocycles. The van der Waals surface area contributed by atoms with Crippen LogP contribution in [-0.2, 0) is 14.8 Å². The molecule has 1 aliphatic rings. The molecule has 1 saturated carbocycles. The van der Waals surface area contributed by atoms with Gasteiger partial charge in [-0.2, -0.15) is 0 Å². The van der Waals surface area contributed by atoms with E-state index in [1.165, 1.54) is 26.5 Å². The minimum Gasteiger partial charge on any atom is -0.494 e. The Kier molecular flexibility index (Phi) is 8.02. The average Bonchev–Trinajstić information content (AvgIpc) is 2.96. The van der Waals surface area contributed by atoms with Crippen LogP contribution in [0.3, 0.4) is 0 Å². The predicted octanol–water partition coefficient (Wildman–Crippen LogP) is 5.91. The van der Waals surface area contributed by atoms with Gasteiger partial charge in [-0.3, -0.25) is 14.5 Å². The second-order valence-corrected chi connectivity index (χ2v) is 11.4. The SMILES string of the molecule is COc1ncc(-c2ccc3ncc(NC(=O)C4CCCCC4)c(OC)c3c2)cc1NS(=O)(=O)c1ccc(F)cc1F. The van der Waals surface area contributed by atoms with Crippen LogP contribution in [-0.4, -0.2) is 38.5 Å². The van der Waals surface area contributed by atoms with Gasteiger partial charge in [-0.15, -0.1) is 0 Å². The van der Waals surface area contributed by atoms with Gasteiger partial charge < -0.3 is 14.8 Å². The number of rotatable bonds is 8. The molecule has 0 aliphatic heterocycles. The molecule has 2 aromatic carbocycles. The Morgan fingerprint density at radius 1 is 0.902 bits per heavy atom. The largest absolute Gasteiger partial charge is 0.494 e. The molecule has 0 spiro atoms. The molecular formula is C29H28F2N4O5S. The molecule has 214 valence electrons. The highest BCUT2D eigenvalue weighted by Crippen LogP contribution is 2.37. The highest BCUT2D eigenvalue weighted by molar-refractivity contribution is 7.92. The molecule has 1 fully saturated rings. The summed E-state index contributed by atoms with van der Waals surface area (Å²) in [6.45, 7) is 0. The fourth-order valence-electron chi connectivity index (χ4n) is 5.00. The first-order chi connectivity index (χ1) is 19.7. The fraction of sp³-hybridized carbons (Fsp3) is 0.276. The Balaban J connectivity index is 1.50. The summed E-state index contributed by atoms with van der Waals surface area (Å²) in [4.78, 5) is 20.9. The summed E-state index contributed by atoms with van der Waals surface area (Å²) in [5.41, 5.74) is 2.17. The first-order valence-electron chi connectivity index (χ1n) is 13.0. The van der Waals surface area contributed by atoms with Gasteiger partial charge >= 0.3 is 0 Å². The Labute approximate surface area is 236 Å². The lowest BCUT2D eigenvalue weighted by atomic mass is 9.88. The van der Waals surface area contributed by atoms with Crippen molar-refractivity contribution in [3.63, 3.8) is 0 Å². The number of anilines is 2. The topological polar surface area (TPSA) is 120 Å². The third-order valence-electron chi connectivity index (χ3n) is 7.06. The molecule has 5 rings (SSSR count). The predicted molar refractivity (Wildman–Crippen MR) is 150 cm³/mol. The third-order valence-corrected chi connectivity index (χ3v) is 8.46. The molecule has 0 radical (unpaired) electrons. The van der Waals surface area contributed by atoms with Crippen LogP contribution in [0.1, 0.15) is 32.1 Å². The van der Waals surface area contributed by atoms with Gasteiger partial charge in [0.1, 0.15) is 27.9 Å². The van der Waals surface area contributed by atoms with Crippen LogP contribution < -0.4 is 19.5 Å². The van der Waals surface area contributed by atoms with Gasteiger partial charge in [-0.05, 0) is 48.7 Å². The first-order valence-corrected chi connectivity index (χ1v) is 14.5. The summed E-state index contributed by atoms with van der Waals surface area (Å²) >= 11 is 0. The van der Waals surface area contributed by atoms with Gasteiger partial charge in [0.25, 0.3) is 10.0 Å². The highest BCUT2D eigenvalue weighted by Gasteiger charge is 2.24. The van der Waals surface area contributed by atoms with Gasteiger partial charge in [0.2, 0.25) is 11.8 Å². The molecule has 0 bridgehead atoms. The molecule has 0 unspecified atom stereocenters. The van der Waals surface area contributed by atoms with Crippen molar-refractivity contribution in [2.75, 3.05) is 24.3 Å². The number of sulfonamides is 1. The monoisotopic (exact) mass is 582 g/mol. The third kappa shape index (κ3) is 5.92. The van der Waals surface area contributed by atoms with Crippen LogP contribution >= 0.6 is 0 Å². The van der Waals surface area contributed by atoms with Gasteiger partial charge in [-0.1, -0.05) is 25.3 Å². The molecule has 2 heterocycles. The molecule has 0 saturated heterocycles. The smallest absolute Gasteiger partial charge is 0.264 e. The lowest BCUT2D eigenvalue weighted by molar-refractivity contribution is -0.120. The lowest BCUT2D eigenvalue weighted by Gasteiger charge is -2.21. The maximum Gasteiger partial charge on any atom is 0.264 e. The van der Waals surface area contributed by atoms with Gasteiger partial charge in [0.15, 0.2) is 5.75 Å². The van der Waals surface area contributed by atoms with Crippen molar-refractivity contribution in [3.8, 4) is 22.8 Å². The number of carbonyl (C=O) groups excluding carboxylic acids is 1. The summed E-state index contributed by atoms with van der Waals surface area (Å²) in [6, 6.07) is 9.00. The number of nitrogens with zero attached hydrogens (tertiary/aromatic N) is 2. The van der Waals surface area contributed by atoms with E-state index >= 15 is 0 Å². The highest BCUT2D eigenvalue weighted by atomic mass is 32.2. The van der Waals surface area contributed by atoms with E-state index in [9.17, 15) is 22.0 Å². The van der Waals surface area contributed by atoms with E-state index in [-0.39, 0.29) is 23.4 Å². The number of nitrogens with one attached hydrogen (secondary N) is 2. The molecule has 41 heavy (non-hydrogen) atoms. The Hall–Kier alpha value is -4.32. The average molecular weight is 583 g/mol. The zero-order valence-corrected chi connectivity index (χ0v) is 23.2. The number of hydrogen-bond acceptors (Lipinski definition) is 7. The number of fused-ring (bicyclic) bond motifs is 1. The van der Waals surface area contributed by atoms with E-state index in [1.807, 2.05) is 0 Å². The quantitative estimate of drug-likeness (QED) is 0.265. The van der Waals surface area contributed by atoms with E-state index in [1.54, 1.807) is 24.4 Å². The molecule has 1 amide bonds. The van der Waals surface area contributed by atoms with Crippen LogP contribution in [0, 0.1) is 17.6 Å². The maximum atomic E-state index is 14.3. The first kappa shape index (κ1) is 28.2. The van der Waals surface area contributed by atoms with Crippen molar-refractivity contribution in [2.45, 2.75) is 37.0 Å². The number of methoxy groups -OCH3 is 2. The molecule has 2 N–H and O–H groups in total. The van der Waals surface area contributed by atoms with E-state index in [0.29, 0.717) is 39.5 Å². The summed E-state index contributed by atoms with van der Waals surface area (Å²) < 4.78 is 66.7. The molecular weight excluding hydrogens is 554 g/mol. The number of halogens is 2. The number of aromatic nitrogens is 2. The molecule has 9 nitrogen and oxygen atoms in total. The molecule has 0 atom stereocenters. The van der Waals surface area contributed by atoms with Crippen LogP contribution in [0.2, 0.25) is 0 Å². The number of ether oxygens (including phenoxy) is 2. The zero-order chi connectivity index (χ0) is 29.1. The van der Waals surface area contributed by atoms with Gasteiger partial charge in [0, 0.05) is 29.1 Å². The van der Waals surface area contributed by atoms with Crippen molar-refractivity contribution in [1.82, 2.24) is 9.97 Å². The van der Waals surface area contributed by atoms with Crippen LogP contribution in [0.25, 0.3) is 22.0 Å². The van der Waals surface area contributed by atoms with Crippen LogP contribution in [0.15, 0.2) is 59.8 Å². The van der Waals surface area contributed by atoms with E-state index < -0.39 is 26.6 Å². The summed E-state index contributed by atoms with van der Waals surface area (Å²) in [6.07, 6.45) is 7.96. The fourth-order valence-corrected chi connectivity index (χ4v) is 6.10. The number of carbonyl (C=O) groups is 1. The molecule has 12 heteroatoms. The number of pyridine rings is 2. The van der Waals surface area contributed by atoms with E-state index in [4.69, 9.17) is 9.47 Å². The minimum atomic E-state index is -4.45. The summed E-state index contributed by atoms with van der Waals surface area (Å²) in [7, 11) is -1.62. The molecule has 4 aromatic rings. The van der Waals surface area contributed by atoms with Crippen molar-refractivity contribution >= 4 is 38.2 Å². The van der Waals surface area contributed by atoms with E-state index in [0.717, 1.165) is 44.2 Å². The van der Waals surface area contributed by atoms with Crippen LogP contribution in [0.5, 0.6) is 11.6 Å². The zero-order valence-electron chi connectivity index (χ0n) is 22.4. The van der Waals surface area contributed by atoms with Gasteiger partial charge in [-0.25, -0.2) is 22.2 Å². The second-order valence-electron chi connectivity index (χ2n) is 9.72. The Morgan fingerprint density at radius 2 is 1.68 bits per heavy atom. The summed E-state index contributed by atoms with van der Waals surface area (Å²) in [5, 5.41) is 3.59. The lowest BCUT2D eigenvalue weighted by Crippen LogP contribution is -2.25. The summed E-state index contributed by atoms with van der Waals surface area (Å²) in [5.74, 6) is -1.86. The van der Waals surface area contributed by atoms with E-state index in [2.05, 4.69) is 20.0 Å². The maximum absolute atomic E-state index is 14.3. The standard InChI is InChI=1S/C29H28F2N4O5S/c1-39-27-21-12-18(8-10-23(21)32-16-25(27)34-28(36)17-6-4-3-5-7-17)19-13-24(29(40-2)33-15-19)35-41(37,38)26-11-9-20(30)14-22(26)31/h8-17,35H,3-7H2,1-2H3,(H,34,36). The van der Waals surface area contributed by atoms with Crippen molar-refractivity contribution in [3.05, 3.63) is 66.5 Å². The van der Waals surface area contributed by atoms with Gasteiger partial charge in [0.05, 0.1) is 25.9 Å². The Morgan fingerprint density at radius 3 is 2.39 bits per heavy atom. The second kappa shape index (κ2) is 11.7. The number of benzene rings is 2. The normalized spacial score (nSPS) is 14.0. The number of hydrogen-bond donors (Lipinski definition) is 2. The van der Waals surface area contributed by atoms with Crippen molar-refractivity contribution in [2.24, 2.45) is 5.92 Å².